The molecule has 0 radical (unpaired) electrons. The molecule has 5 nitrogen and oxygen atoms in total. The van der Waals surface area contributed by atoms with Crippen molar-refractivity contribution in [2.75, 3.05) is 11.4 Å². The molecule has 0 bridgehead atoms. The molecule has 3 aromatic rings. The molecular formula is C22H15BrN2O3. The largest absolute Gasteiger partial charge is 0.280 e. The molecule has 3 amide bonds. The highest BCUT2D eigenvalue weighted by atomic mass is 79.9. The highest BCUT2D eigenvalue weighted by molar-refractivity contribution is 9.10. The monoisotopic (exact) mass is 434 g/mol. The maximum atomic E-state index is 13.2. The first kappa shape index (κ1) is 18.1. The molecule has 0 unspecified atom stereocenters. The number of carbonyl (C=O) groups is 3. The summed E-state index contributed by atoms with van der Waals surface area (Å²) < 4.78 is 0.704. The van der Waals surface area contributed by atoms with Crippen LogP contribution in [-0.2, 0) is 4.79 Å². The molecular weight excluding hydrogens is 420 g/mol. The van der Waals surface area contributed by atoms with Gasteiger partial charge >= 0.3 is 0 Å². The Hall–Kier alpha value is -3.25. The predicted octanol–water partition coefficient (Wildman–Crippen LogP) is 4.41. The lowest BCUT2D eigenvalue weighted by molar-refractivity contribution is -0.118. The van der Waals surface area contributed by atoms with Crippen molar-refractivity contribution in [3.05, 3.63) is 94.5 Å². The van der Waals surface area contributed by atoms with Gasteiger partial charge in [-0.15, -0.1) is 0 Å². The van der Waals surface area contributed by atoms with Crippen molar-refractivity contribution in [1.29, 1.82) is 0 Å². The third-order valence-corrected chi connectivity index (χ3v) is 5.00. The average molecular weight is 435 g/mol. The predicted molar refractivity (Wildman–Crippen MR) is 110 cm³/mol. The van der Waals surface area contributed by atoms with Crippen molar-refractivity contribution in [3.63, 3.8) is 0 Å². The minimum Gasteiger partial charge on any atom is -0.280 e. The molecule has 0 spiro atoms. The van der Waals surface area contributed by atoms with Crippen LogP contribution in [0.15, 0.2) is 83.3 Å². The molecule has 0 saturated carbocycles. The Morgan fingerprint density at radius 3 is 1.89 bits per heavy atom. The fraction of sp³-hybridized carbons (Fsp3) is 0.0455. The van der Waals surface area contributed by atoms with Crippen molar-refractivity contribution < 1.29 is 14.4 Å². The first-order valence-corrected chi connectivity index (χ1v) is 9.44. The van der Waals surface area contributed by atoms with Gasteiger partial charge in [0, 0.05) is 15.8 Å². The average Bonchev–Trinajstić information content (AvgIpc) is 2.94. The van der Waals surface area contributed by atoms with E-state index in [0.717, 1.165) is 4.90 Å². The SMILES string of the molecule is O=C1c2ccc(Br)cc2C(=O)N1CC(=O)N(c1ccccc1)c1ccccc1. The third-order valence-electron chi connectivity index (χ3n) is 4.50. The normalized spacial score (nSPS) is 12.8. The third kappa shape index (κ3) is 3.23. The van der Waals surface area contributed by atoms with Crippen LogP contribution >= 0.6 is 15.9 Å². The molecule has 0 aromatic heterocycles. The number of imide groups is 1. The van der Waals surface area contributed by atoms with Crippen molar-refractivity contribution in [1.82, 2.24) is 4.90 Å². The Morgan fingerprint density at radius 1 is 0.786 bits per heavy atom. The van der Waals surface area contributed by atoms with Crippen LogP contribution in [0.4, 0.5) is 11.4 Å². The quantitative estimate of drug-likeness (QED) is 0.571. The van der Waals surface area contributed by atoms with Gasteiger partial charge in [-0.2, -0.15) is 0 Å². The summed E-state index contributed by atoms with van der Waals surface area (Å²) in [4.78, 5) is 41.1. The van der Waals surface area contributed by atoms with Gasteiger partial charge in [0.2, 0.25) is 0 Å². The number of rotatable bonds is 4. The van der Waals surface area contributed by atoms with E-state index in [4.69, 9.17) is 0 Å². The topological polar surface area (TPSA) is 57.7 Å². The molecule has 0 fully saturated rings. The first-order chi connectivity index (χ1) is 13.6. The summed E-state index contributed by atoms with van der Waals surface area (Å²) in [6.07, 6.45) is 0. The molecule has 1 aliphatic heterocycles. The van der Waals surface area contributed by atoms with E-state index in [0.29, 0.717) is 27.0 Å². The van der Waals surface area contributed by atoms with Crippen LogP contribution in [0, 0.1) is 0 Å². The number of halogens is 1. The lowest BCUT2D eigenvalue weighted by Gasteiger charge is -2.25. The van der Waals surface area contributed by atoms with Gasteiger partial charge in [-0.3, -0.25) is 24.2 Å². The number of para-hydroxylation sites is 2. The molecule has 4 rings (SSSR count). The molecule has 0 atom stereocenters. The van der Waals surface area contributed by atoms with Crippen LogP contribution in [0.2, 0.25) is 0 Å². The summed E-state index contributed by atoms with van der Waals surface area (Å²) in [5.74, 6) is -1.29. The molecule has 1 aliphatic rings. The fourth-order valence-electron chi connectivity index (χ4n) is 3.20. The minimum atomic E-state index is -0.462. The fourth-order valence-corrected chi connectivity index (χ4v) is 3.56. The Balaban J connectivity index is 1.66. The van der Waals surface area contributed by atoms with Gasteiger partial charge in [0.1, 0.15) is 6.54 Å². The van der Waals surface area contributed by atoms with E-state index in [1.807, 2.05) is 60.7 Å². The lowest BCUT2D eigenvalue weighted by atomic mass is 10.1. The van der Waals surface area contributed by atoms with Gasteiger partial charge in [-0.1, -0.05) is 52.3 Å². The molecule has 1 heterocycles. The molecule has 0 N–H and O–H groups in total. The highest BCUT2D eigenvalue weighted by Gasteiger charge is 2.37. The van der Waals surface area contributed by atoms with Crippen molar-refractivity contribution in [2.45, 2.75) is 0 Å². The van der Waals surface area contributed by atoms with E-state index in [1.165, 1.54) is 4.90 Å². The van der Waals surface area contributed by atoms with Crippen LogP contribution in [0.1, 0.15) is 20.7 Å². The van der Waals surface area contributed by atoms with E-state index in [2.05, 4.69) is 15.9 Å². The van der Waals surface area contributed by atoms with Gasteiger partial charge in [-0.05, 0) is 42.5 Å². The van der Waals surface area contributed by atoms with Gasteiger partial charge < -0.3 is 0 Å². The molecule has 6 heteroatoms. The highest BCUT2D eigenvalue weighted by Crippen LogP contribution is 2.28. The van der Waals surface area contributed by atoms with Crippen LogP contribution < -0.4 is 4.90 Å². The van der Waals surface area contributed by atoms with Crippen LogP contribution in [0.25, 0.3) is 0 Å². The Kier molecular flexibility index (Phi) is 4.79. The number of hydrogen-bond donors (Lipinski definition) is 0. The van der Waals surface area contributed by atoms with Gasteiger partial charge in [-0.25, -0.2) is 0 Å². The Labute approximate surface area is 170 Å². The van der Waals surface area contributed by atoms with Crippen LogP contribution in [-0.4, -0.2) is 29.2 Å². The summed E-state index contributed by atoms with van der Waals surface area (Å²) >= 11 is 3.31. The maximum Gasteiger partial charge on any atom is 0.262 e. The van der Waals surface area contributed by atoms with E-state index >= 15 is 0 Å². The molecule has 28 heavy (non-hydrogen) atoms. The zero-order chi connectivity index (χ0) is 19.7. The molecule has 0 saturated heterocycles. The summed E-state index contributed by atoms with van der Waals surface area (Å²) in [6, 6.07) is 23.2. The second kappa shape index (κ2) is 7.40. The molecule has 0 aliphatic carbocycles. The van der Waals surface area contributed by atoms with Crippen molar-refractivity contribution in [3.8, 4) is 0 Å². The van der Waals surface area contributed by atoms with E-state index < -0.39 is 11.8 Å². The Bertz CT molecular complexity index is 1030. The van der Waals surface area contributed by atoms with Gasteiger partial charge in [0.25, 0.3) is 17.7 Å². The number of benzene rings is 3. The Morgan fingerprint density at radius 2 is 1.32 bits per heavy atom. The van der Waals surface area contributed by atoms with Crippen LogP contribution in [0.3, 0.4) is 0 Å². The second-order valence-corrected chi connectivity index (χ2v) is 7.20. The first-order valence-electron chi connectivity index (χ1n) is 8.65. The number of fused-ring (bicyclic) bond motifs is 1. The van der Waals surface area contributed by atoms with Crippen molar-refractivity contribution in [2.24, 2.45) is 0 Å². The number of hydrogen-bond acceptors (Lipinski definition) is 3. The standard InChI is InChI=1S/C22H15BrN2O3/c23-15-11-12-18-19(13-15)22(28)24(21(18)27)14-20(26)25(16-7-3-1-4-8-16)17-9-5-2-6-10-17/h1-13H,14H2. The number of amides is 3. The number of anilines is 2. The maximum absolute atomic E-state index is 13.2. The van der Waals surface area contributed by atoms with E-state index in [-0.39, 0.29) is 12.5 Å². The van der Waals surface area contributed by atoms with Gasteiger partial charge in [0.05, 0.1) is 11.1 Å². The summed E-state index contributed by atoms with van der Waals surface area (Å²) in [5, 5.41) is 0. The van der Waals surface area contributed by atoms with Crippen LogP contribution in [0.5, 0.6) is 0 Å². The second-order valence-electron chi connectivity index (χ2n) is 6.29. The van der Waals surface area contributed by atoms with Crippen molar-refractivity contribution >= 4 is 45.0 Å². The zero-order valence-electron chi connectivity index (χ0n) is 14.7. The summed E-state index contributed by atoms with van der Waals surface area (Å²) in [6.45, 7) is -0.340. The summed E-state index contributed by atoms with van der Waals surface area (Å²) in [5.41, 5.74) is 1.95. The zero-order valence-corrected chi connectivity index (χ0v) is 16.3. The van der Waals surface area contributed by atoms with E-state index in [9.17, 15) is 14.4 Å². The van der Waals surface area contributed by atoms with E-state index in [1.54, 1.807) is 18.2 Å². The minimum absolute atomic E-state index is 0.304. The summed E-state index contributed by atoms with van der Waals surface area (Å²) in [7, 11) is 0. The molecule has 3 aromatic carbocycles. The number of nitrogens with zero attached hydrogens (tertiary/aromatic N) is 2. The smallest absolute Gasteiger partial charge is 0.262 e. The lowest BCUT2D eigenvalue weighted by Crippen LogP contribution is -2.41. The number of carbonyl (C=O) groups excluding carboxylic acids is 3. The van der Waals surface area contributed by atoms with Gasteiger partial charge in [0.15, 0.2) is 0 Å². The molecule has 138 valence electrons.